The van der Waals surface area contributed by atoms with E-state index in [-0.39, 0.29) is 0 Å². The molecule has 0 aliphatic rings. The summed E-state index contributed by atoms with van der Waals surface area (Å²) >= 11 is 0. The van der Waals surface area contributed by atoms with Gasteiger partial charge in [0, 0.05) is 6.07 Å². The van der Waals surface area contributed by atoms with Crippen LogP contribution in [0.4, 0.5) is 0 Å². The van der Waals surface area contributed by atoms with E-state index in [1.54, 1.807) is 0 Å². The third-order valence-corrected chi connectivity index (χ3v) is 4.22. The molecule has 0 heterocycles. The van der Waals surface area contributed by atoms with Crippen LogP contribution >= 0.6 is 0 Å². The molecule has 1 unspecified atom stereocenters. The van der Waals surface area contributed by atoms with Gasteiger partial charge in [-0.25, -0.2) is 0 Å². The van der Waals surface area contributed by atoms with Gasteiger partial charge in [-0.2, -0.15) is 0 Å². The highest BCUT2D eigenvalue weighted by molar-refractivity contribution is 5.40. The van der Waals surface area contributed by atoms with Crippen molar-refractivity contribution in [3.63, 3.8) is 0 Å². The second-order valence-corrected chi connectivity index (χ2v) is 6.38. The molecule has 0 spiro atoms. The van der Waals surface area contributed by atoms with Crippen LogP contribution < -0.4 is 15.2 Å². The quantitative estimate of drug-likeness (QED) is 0.597. The first kappa shape index (κ1) is 19.0. The fourth-order valence-electron chi connectivity index (χ4n) is 2.76. The van der Waals surface area contributed by atoms with Gasteiger partial charge in [-0.3, -0.25) is 0 Å². The molecule has 0 amide bonds. The first-order chi connectivity index (χ1) is 13.2. The van der Waals surface area contributed by atoms with E-state index >= 15 is 0 Å². The lowest BCUT2D eigenvalue weighted by Crippen LogP contribution is -2.07. The summed E-state index contributed by atoms with van der Waals surface area (Å²) in [6, 6.07) is 25.5. The van der Waals surface area contributed by atoms with Gasteiger partial charge in [0.2, 0.25) is 0 Å². The van der Waals surface area contributed by atoms with E-state index in [9.17, 15) is 5.11 Å². The molecular formula is C23H25NO3. The van der Waals surface area contributed by atoms with E-state index in [0.717, 1.165) is 16.7 Å². The highest BCUT2D eigenvalue weighted by atomic mass is 16.5. The molecule has 0 fully saturated rings. The van der Waals surface area contributed by atoms with E-state index < -0.39 is 6.10 Å². The molecule has 0 radical (unpaired) electrons. The Morgan fingerprint density at radius 3 is 1.67 bits per heavy atom. The SMILES string of the molecule is NCCC(O)c1cc(OCc2ccccc2)cc(OCc2ccccc2)c1. The molecule has 0 aromatic heterocycles. The topological polar surface area (TPSA) is 64.7 Å². The molecule has 3 aromatic carbocycles. The van der Waals surface area contributed by atoms with Gasteiger partial charge in [0.05, 0.1) is 6.10 Å². The normalized spacial score (nSPS) is 11.8. The molecule has 0 saturated heterocycles. The van der Waals surface area contributed by atoms with Crippen LogP contribution in [0, 0.1) is 0 Å². The third-order valence-electron chi connectivity index (χ3n) is 4.22. The third kappa shape index (κ3) is 5.84. The summed E-state index contributed by atoms with van der Waals surface area (Å²) in [5.41, 5.74) is 8.50. The summed E-state index contributed by atoms with van der Waals surface area (Å²) in [7, 11) is 0. The van der Waals surface area contributed by atoms with Crippen LogP contribution in [0.3, 0.4) is 0 Å². The van der Waals surface area contributed by atoms with E-state index in [1.807, 2.05) is 78.9 Å². The van der Waals surface area contributed by atoms with Gasteiger partial charge < -0.3 is 20.3 Å². The van der Waals surface area contributed by atoms with Crippen molar-refractivity contribution in [3.8, 4) is 11.5 Å². The predicted molar refractivity (Wildman–Crippen MR) is 107 cm³/mol. The van der Waals surface area contributed by atoms with Gasteiger partial charge >= 0.3 is 0 Å². The van der Waals surface area contributed by atoms with Crippen LogP contribution in [-0.2, 0) is 13.2 Å². The summed E-state index contributed by atoms with van der Waals surface area (Å²) in [4.78, 5) is 0. The molecule has 3 N–H and O–H groups in total. The molecule has 3 aromatic rings. The van der Waals surface area contributed by atoms with Crippen LogP contribution in [-0.4, -0.2) is 11.7 Å². The van der Waals surface area contributed by atoms with Crippen molar-refractivity contribution in [2.45, 2.75) is 25.7 Å². The Morgan fingerprint density at radius 2 is 1.22 bits per heavy atom. The van der Waals surface area contributed by atoms with Gasteiger partial charge in [0.15, 0.2) is 0 Å². The van der Waals surface area contributed by atoms with Crippen molar-refractivity contribution in [2.75, 3.05) is 6.54 Å². The molecule has 0 bridgehead atoms. The largest absolute Gasteiger partial charge is 0.489 e. The van der Waals surface area contributed by atoms with Gasteiger partial charge in [-0.05, 0) is 41.8 Å². The highest BCUT2D eigenvalue weighted by Gasteiger charge is 2.11. The van der Waals surface area contributed by atoms with Crippen molar-refractivity contribution in [2.24, 2.45) is 5.73 Å². The number of benzene rings is 3. The van der Waals surface area contributed by atoms with E-state index in [1.165, 1.54) is 0 Å². The maximum atomic E-state index is 10.3. The summed E-state index contributed by atoms with van der Waals surface area (Å²) in [6.07, 6.45) is -0.158. The first-order valence-corrected chi connectivity index (χ1v) is 9.11. The minimum atomic E-state index is -0.644. The lowest BCUT2D eigenvalue weighted by molar-refractivity contribution is 0.169. The molecule has 0 saturated carbocycles. The molecule has 1 atom stereocenters. The van der Waals surface area contributed by atoms with Crippen LogP contribution in [0.2, 0.25) is 0 Å². The average Bonchev–Trinajstić information content (AvgIpc) is 2.72. The summed E-state index contributed by atoms with van der Waals surface area (Å²) in [5, 5.41) is 10.3. The highest BCUT2D eigenvalue weighted by Crippen LogP contribution is 2.29. The molecule has 140 valence electrons. The zero-order chi connectivity index (χ0) is 18.9. The van der Waals surface area contributed by atoms with Crippen molar-refractivity contribution in [1.82, 2.24) is 0 Å². The Morgan fingerprint density at radius 1 is 0.741 bits per heavy atom. The summed E-state index contributed by atoms with van der Waals surface area (Å²) in [6.45, 7) is 1.32. The van der Waals surface area contributed by atoms with Gasteiger partial charge in [0.1, 0.15) is 24.7 Å². The van der Waals surface area contributed by atoms with Crippen molar-refractivity contribution >= 4 is 0 Å². The van der Waals surface area contributed by atoms with E-state index in [2.05, 4.69) is 0 Å². The van der Waals surface area contributed by atoms with Crippen molar-refractivity contribution in [1.29, 1.82) is 0 Å². The zero-order valence-electron chi connectivity index (χ0n) is 15.3. The average molecular weight is 363 g/mol. The van der Waals surface area contributed by atoms with E-state index in [4.69, 9.17) is 15.2 Å². The van der Waals surface area contributed by atoms with Gasteiger partial charge in [-0.15, -0.1) is 0 Å². The fourth-order valence-corrected chi connectivity index (χ4v) is 2.76. The van der Waals surface area contributed by atoms with Crippen LogP contribution in [0.15, 0.2) is 78.9 Å². The minimum Gasteiger partial charge on any atom is -0.489 e. The maximum absolute atomic E-state index is 10.3. The zero-order valence-corrected chi connectivity index (χ0v) is 15.3. The molecule has 3 rings (SSSR count). The van der Waals surface area contributed by atoms with Gasteiger partial charge in [0.25, 0.3) is 0 Å². The number of nitrogens with two attached hydrogens (primary N) is 1. The molecule has 4 nitrogen and oxygen atoms in total. The number of rotatable bonds is 9. The summed E-state index contributed by atoms with van der Waals surface area (Å²) in [5.74, 6) is 1.32. The van der Waals surface area contributed by atoms with Crippen molar-refractivity contribution < 1.29 is 14.6 Å². The Labute approximate surface area is 160 Å². The Kier molecular flexibility index (Phi) is 6.85. The van der Waals surface area contributed by atoms with Crippen molar-refractivity contribution in [3.05, 3.63) is 95.6 Å². The Balaban J connectivity index is 1.75. The monoisotopic (exact) mass is 363 g/mol. The number of aliphatic hydroxyl groups excluding tert-OH is 1. The number of ether oxygens (including phenoxy) is 2. The maximum Gasteiger partial charge on any atom is 0.123 e. The second-order valence-electron chi connectivity index (χ2n) is 6.38. The van der Waals surface area contributed by atoms with Crippen LogP contribution in [0.1, 0.15) is 29.2 Å². The standard InChI is InChI=1S/C23H25NO3/c24-12-11-23(25)20-13-21(26-16-18-7-3-1-4-8-18)15-22(14-20)27-17-19-9-5-2-6-10-19/h1-10,13-15,23,25H,11-12,16-17,24H2. The lowest BCUT2D eigenvalue weighted by Gasteiger charge is -2.15. The molecule has 0 aliphatic carbocycles. The number of aliphatic hydroxyl groups is 1. The Hall–Kier alpha value is -2.82. The molecular weight excluding hydrogens is 338 g/mol. The minimum absolute atomic E-state index is 0.413. The number of hydrogen-bond donors (Lipinski definition) is 2. The molecule has 27 heavy (non-hydrogen) atoms. The van der Waals surface area contributed by atoms with Crippen LogP contribution in [0.5, 0.6) is 11.5 Å². The van der Waals surface area contributed by atoms with Crippen LogP contribution in [0.25, 0.3) is 0 Å². The first-order valence-electron chi connectivity index (χ1n) is 9.11. The fraction of sp³-hybridized carbons (Fsp3) is 0.217. The Bertz CT molecular complexity index is 760. The predicted octanol–water partition coefficient (Wildman–Crippen LogP) is 4.23. The molecule has 0 aliphatic heterocycles. The smallest absolute Gasteiger partial charge is 0.123 e. The molecule has 4 heteroatoms. The lowest BCUT2D eigenvalue weighted by atomic mass is 10.1. The summed E-state index contributed by atoms with van der Waals surface area (Å²) < 4.78 is 11.9. The second kappa shape index (κ2) is 9.76. The van der Waals surface area contributed by atoms with E-state index in [0.29, 0.717) is 37.7 Å². The number of hydrogen-bond acceptors (Lipinski definition) is 4. The van der Waals surface area contributed by atoms with Gasteiger partial charge in [-0.1, -0.05) is 60.7 Å².